The van der Waals surface area contributed by atoms with Gasteiger partial charge in [-0.3, -0.25) is 14.9 Å². The van der Waals surface area contributed by atoms with Crippen molar-refractivity contribution in [2.24, 2.45) is 5.92 Å². The molecule has 1 fully saturated rings. The average Bonchev–Trinajstić information content (AvgIpc) is 2.99. The molecular formula is C17H22N4O2. The molecule has 0 saturated carbocycles. The lowest BCUT2D eigenvalue weighted by Gasteiger charge is -2.21. The van der Waals surface area contributed by atoms with Crippen LogP contribution in [0.2, 0.25) is 0 Å². The maximum atomic E-state index is 12.3. The predicted molar refractivity (Wildman–Crippen MR) is 88.0 cm³/mol. The van der Waals surface area contributed by atoms with Crippen LogP contribution in [0.1, 0.15) is 31.7 Å². The van der Waals surface area contributed by atoms with E-state index in [0.29, 0.717) is 18.2 Å². The molecule has 2 aromatic heterocycles. The summed E-state index contributed by atoms with van der Waals surface area (Å²) >= 11 is 0. The van der Waals surface area contributed by atoms with Crippen LogP contribution in [0, 0.1) is 5.92 Å². The van der Waals surface area contributed by atoms with Gasteiger partial charge in [0.2, 0.25) is 5.91 Å². The van der Waals surface area contributed by atoms with Gasteiger partial charge in [-0.05, 0) is 37.3 Å². The smallest absolute Gasteiger partial charge is 0.225 e. The molecule has 0 bridgehead atoms. The lowest BCUT2D eigenvalue weighted by molar-refractivity contribution is -0.117. The van der Waals surface area contributed by atoms with Crippen molar-refractivity contribution in [1.82, 2.24) is 15.2 Å². The van der Waals surface area contributed by atoms with Crippen molar-refractivity contribution >= 4 is 11.7 Å². The summed E-state index contributed by atoms with van der Waals surface area (Å²) in [6, 6.07) is 3.86. The SMILES string of the molecule is CCc1c(NC(=O)CC2CCOCC2)n[nH]c1-c1ccncc1. The third kappa shape index (κ3) is 3.76. The predicted octanol–water partition coefficient (Wildman–Crippen LogP) is 2.79. The monoisotopic (exact) mass is 314 g/mol. The molecule has 3 heterocycles. The second-order valence-corrected chi connectivity index (χ2v) is 5.82. The summed E-state index contributed by atoms with van der Waals surface area (Å²) in [5.41, 5.74) is 2.99. The maximum absolute atomic E-state index is 12.3. The van der Waals surface area contributed by atoms with Gasteiger partial charge in [0.25, 0.3) is 0 Å². The Morgan fingerprint density at radius 3 is 2.78 bits per heavy atom. The number of ether oxygens (including phenoxy) is 1. The highest BCUT2D eigenvalue weighted by molar-refractivity contribution is 5.91. The van der Waals surface area contributed by atoms with Gasteiger partial charge >= 0.3 is 0 Å². The second-order valence-electron chi connectivity index (χ2n) is 5.82. The van der Waals surface area contributed by atoms with Crippen LogP contribution in [0.3, 0.4) is 0 Å². The van der Waals surface area contributed by atoms with E-state index in [0.717, 1.165) is 49.3 Å². The first kappa shape index (κ1) is 15.7. The molecule has 1 amide bonds. The number of hydrogen-bond acceptors (Lipinski definition) is 4. The van der Waals surface area contributed by atoms with E-state index in [2.05, 4.69) is 27.4 Å². The molecule has 1 aliphatic heterocycles. The van der Waals surface area contributed by atoms with Crippen molar-refractivity contribution in [1.29, 1.82) is 0 Å². The number of hydrogen-bond donors (Lipinski definition) is 2. The summed E-state index contributed by atoms with van der Waals surface area (Å²) in [4.78, 5) is 16.3. The highest BCUT2D eigenvalue weighted by atomic mass is 16.5. The molecule has 0 spiro atoms. The normalized spacial score (nSPS) is 15.5. The fourth-order valence-electron chi connectivity index (χ4n) is 2.97. The van der Waals surface area contributed by atoms with Crippen LogP contribution < -0.4 is 5.32 Å². The zero-order valence-electron chi connectivity index (χ0n) is 13.3. The largest absolute Gasteiger partial charge is 0.381 e. The molecule has 0 radical (unpaired) electrons. The lowest BCUT2D eigenvalue weighted by atomic mass is 9.96. The topological polar surface area (TPSA) is 79.9 Å². The van der Waals surface area contributed by atoms with Crippen LogP contribution in [-0.4, -0.2) is 34.3 Å². The summed E-state index contributed by atoms with van der Waals surface area (Å²) < 4.78 is 5.33. The fraction of sp³-hybridized carbons (Fsp3) is 0.471. The first-order valence-electron chi connectivity index (χ1n) is 8.13. The number of aromatic nitrogens is 3. The van der Waals surface area contributed by atoms with Crippen LogP contribution in [0.15, 0.2) is 24.5 Å². The van der Waals surface area contributed by atoms with Gasteiger partial charge in [-0.25, -0.2) is 0 Å². The number of H-pyrrole nitrogens is 1. The number of pyridine rings is 1. The summed E-state index contributed by atoms with van der Waals surface area (Å²) in [5.74, 6) is 1.07. The highest BCUT2D eigenvalue weighted by Gasteiger charge is 2.20. The van der Waals surface area contributed by atoms with Crippen LogP contribution in [-0.2, 0) is 16.0 Å². The summed E-state index contributed by atoms with van der Waals surface area (Å²) in [6.45, 7) is 3.57. The molecule has 6 heteroatoms. The maximum Gasteiger partial charge on any atom is 0.225 e. The Morgan fingerprint density at radius 2 is 2.09 bits per heavy atom. The van der Waals surface area contributed by atoms with E-state index in [-0.39, 0.29) is 5.91 Å². The minimum absolute atomic E-state index is 0.0272. The van der Waals surface area contributed by atoms with Crippen molar-refractivity contribution in [3.8, 4) is 11.3 Å². The Bertz CT molecular complexity index is 648. The first-order chi connectivity index (χ1) is 11.3. The second kappa shape index (κ2) is 7.37. The molecule has 1 saturated heterocycles. The molecule has 2 N–H and O–H groups in total. The molecule has 122 valence electrons. The Labute approximate surface area is 135 Å². The third-order valence-corrected chi connectivity index (χ3v) is 4.26. The van der Waals surface area contributed by atoms with E-state index in [4.69, 9.17) is 4.74 Å². The summed E-state index contributed by atoms with van der Waals surface area (Å²) in [5, 5.41) is 10.3. The van der Waals surface area contributed by atoms with Crippen molar-refractivity contribution in [2.75, 3.05) is 18.5 Å². The number of aromatic amines is 1. The Morgan fingerprint density at radius 1 is 1.35 bits per heavy atom. The van der Waals surface area contributed by atoms with Gasteiger partial charge in [0.15, 0.2) is 5.82 Å². The van der Waals surface area contributed by atoms with E-state index in [1.54, 1.807) is 12.4 Å². The molecule has 1 aliphatic rings. The number of rotatable bonds is 5. The first-order valence-corrected chi connectivity index (χ1v) is 8.13. The minimum atomic E-state index is 0.0272. The van der Waals surface area contributed by atoms with Gasteiger partial charge in [-0.15, -0.1) is 0 Å². The van der Waals surface area contributed by atoms with Gasteiger partial charge in [0, 0.05) is 43.2 Å². The number of nitrogens with one attached hydrogen (secondary N) is 2. The number of carbonyl (C=O) groups is 1. The van der Waals surface area contributed by atoms with Crippen molar-refractivity contribution < 1.29 is 9.53 Å². The Kier molecular flexibility index (Phi) is 5.02. The van der Waals surface area contributed by atoms with Gasteiger partial charge in [0.1, 0.15) is 0 Å². The van der Waals surface area contributed by atoms with Crippen LogP contribution >= 0.6 is 0 Å². The van der Waals surface area contributed by atoms with Crippen molar-refractivity contribution in [3.63, 3.8) is 0 Å². The van der Waals surface area contributed by atoms with Gasteiger partial charge in [-0.1, -0.05) is 6.92 Å². The third-order valence-electron chi connectivity index (χ3n) is 4.26. The van der Waals surface area contributed by atoms with Gasteiger partial charge < -0.3 is 10.1 Å². The standard InChI is InChI=1S/C17H22N4O2/c1-2-14-16(13-3-7-18-8-4-13)20-21-17(14)19-15(22)11-12-5-9-23-10-6-12/h3-4,7-8,12H,2,5-6,9-11H2,1H3,(H2,19,20,21,22). The number of nitrogens with zero attached hydrogens (tertiary/aromatic N) is 2. The lowest BCUT2D eigenvalue weighted by Crippen LogP contribution is -2.22. The zero-order chi connectivity index (χ0) is 16.1. The van der Waals surface area contributed by atoms with E-state index in [9.17, 15) is 4.79 Å². The Balaban J connectivity index is 1.70. The number of anilines is 1. The van der Waals surface area contributed by atoms with Crippen LogP contribution in [0.25, 0.3) is 11.3 Å². The molecule has 3 rings (SSSR count). The minimum Gasteiger partial charge on any atom is -0.381 e. The van der Waals surface area contributed by atoms with Crippen LogP contribution in [0.5, 0.6) is 0 Å². The van der Waals surface area contributed by atoms with E-state index in [1.807, 2.05) is 12.1 Å². The highest BCUT2D eigenvalue weighted by Crippen LogP contribution is 2.27. The molecule has 23 heavy (non-hydrogen) atoms. The molecule has 6 nitrogen and oxygen atoms in total. The molecule has 2 aromatic rings. The number of amides is 1. The van der Waals surface area contributed by atoms with Crippen molar-refractivity contribution in [3.05, 3.63) is 30.1 Å². The van der Waals surface area contributed by atoms with Gasteiger partial charge in [0.05, 0.1) is 5.69 Å². The Hall–Kier alpha value is -2.21. The number of carbonyl (C=O) groups excluding carboxylic acids is 1. The molecule has 0 aliphatic carbocycles. The van der Waals surface area contributed by atoms with Gasteiger partial charge in [-0.2, -0.15) is 5.10 Å². The van der Waals surface area contributed by atoms with E-state index in [1.165, 1.54) is 0 Å². The zero-order valence-corrected chi connectivity index (χ0v) is 13.3. The summed E-state index contributed by atoms with van der Waals surface area (Å²) in [7, 11) is 0. The molecule has 0 aromatic carbocycles. The molecular weight excluding hydrogens is 292 g/mol. The van der Waals surface area contributed by atoms with Crippen LogP contribution in [0.4, 0.5) is 5.82 Å². The van der Waals surface area contributed by atoms with Crippen molar-refractivity contribution in [2.45, 2.75) is 32.6 Å². The summed E-state index contributed by atoms with van der Waals surface area (Å²) in [6.07, 6.45) is 6.73. The quantitative estimate of drug-likeness (QED) is 0.889. The van der Waals surface area contributed by atoms with E-state index >= 15 is 0 Å². The average molecular weight is 314 g/mol. The fourth-order valence-corrected chi connectivity index (χ4v) is 2.97. The molecule has 0 atom stereocenters. The van der Waals surface area contributed by atoms with E-state index < -0.39 is 0 Å². The molecule has 0 unspecified atom stereocenters.